The Hall–Kier alpha value is -2.97. The number of benzene rings is 2. The Labute approximate surface area is 190 Å². The first-order valence-electron chi connectivity index (χ1n) is 10.00. The highest BCUT2D eigenvalue weighted by atomic mass is 32.2. The summed E-state index contributed by atoms with van der Waals surface area (Å²) in [5, 5.41) is 11.9. The van der Waals surface area contributed by atoms with Gasteiger partial charge in [-0.2, -0.15) is 0 Å². The van der Waals surface area contributed by atoms with Crippen molar-refractivity contribution in [3.63, 3.8) is 0 Å². The van der Waals surface area contributed by atoms with Crippen LogP contribution in [0.25, 0.3) is 5.69 Å². The number of aromatic nitrogens is 4. The van der Waals surface area contributed by atoms with E-state index in [4.69, 9.17) is 4.98 Å². The van der Waals surface area contributed by atoms with Gasteiger partial charge < -0.3 is 0 Å². The van der Waals surface area contributed by atoms with Crippen molar-refractivity contribution in [2.45, 2.75) is 38.1 Å². The van der Waals surface area contributed by atoms with E-state index in [1.807, 2.05) is 46.3 Å². The van der Waals surface area contributed by atoms with Crippen LogP contribution in [0.15, 0.2) is 65.4 Å². The number of thiazole rings is 1. The van der Waals surface area contributed by atoms with Crippen LogP contribution in [-0.2, 0) is 17.0 Å². The van der Waals surface area contributed by atoms with Crippen molar-refractivity contribution in [1.82, 2.24) is 19.7 Å². The van der Waals surface area contributed by atoms with E-state index in [0.29, 0.717) is 10.9 Å². The highest BCUT2D eigenvalue weighted by Crippen LogP contribution is 2.33. The van der Waals surface area contributed by atoms with E-state index in [0.717, 1.165) is 39.8 Å². The van der Waals surface area contributed by atoms with Gasteiger partial charge in [0.1, 0.15) is 6.33 Å². The zero-order chi connectivity index (χ0) is 21.8. The summed E-state index contributed by atoms with van der Waals surface area (Å²) in [4.78, 5) is 18.9. The molecule has 4 aromatic rings. The molecule has 0 fully saturated rings. The molecule has 0 radical (unpaired) electrons. The average Bonchev–Trinajstić information content (AvgIpc) is 3.42. The maximum atomic E-state index is 12.5. The summed E-state index contributed by atoms with van der Waals surface area (Å²) in [6.07, 6.45) is 2.58. The minimum atomic E-state index is -0.0475. The summed E-state index contributed by atoms with van der Waals surface area (Å²) in [5.74, 6) is 0.594. The largest absolute Gasteiger partial charge is 0.276 e. The molecule has 0 aliphatic heterocycles. The van der Waals surface area contributed by atoms with Crippen molar-refractivity contribution in [3.05, 3.63) is 77.1 Å². The normalized spacial score (nSPS) is 10.9. The Morgan fingerprint density at radius 2 is 1.94 bits per heavy atom. The van der Waals surface area contributed by atoms with E-state index in [9.17, 15) is 4.79 Å². The lowest BCUT2D eigenvalue weighted by molar-refractivity contribution is -0.115. The van der Waals surface area contributed by atoms with Crippen LogP contribution in [0.5, 0.6) is 0 Å². The van der Waals surface area contributed by atoms with Gasteiger partial charge in [0.2, 0.25) is 5.91 Å². The van der Waals surface area contributed by atoms with E-state index in [1.165, 1.54) is 11.3 Å². The molecular formula is C23H23N5OS2. The van der Waals surface area contributed by atoms with Gasteiger partial charge in [-0.1, -0.05) is 55.1 Å². The number of carbonyl (C=O) groups excluding carboxylic acids is 1. The Balaban J connectivity index is 1.55. The molecule has 8 heteroatoms. The van der Waals surface area contributed by atoms with Gasteiger partial charge in [0.15, 0.2) is 10.3 Å². The third-order valence-electron chi connectivity index (χ3n) is 4.90. The van der Waals surface area contributed by atoms with Crippen LogP contribution in [0, 0.1) is 6.92 Å². The van der Waals surface area contributed by atoms with Gasteiger partial charge in [-0.15, -0.1) is 21.5 Å². The molecule has 1 amide bonds. The molecule has 31 heavy (non-hydrogen) atoms. The Morgan fingerprint density at radius 3 is 2.71 bits per heavy atom. The molecule has 0 saturated heterocycles. The molecule has 0 N–H and O–H groups in total. The molecule has 6 nitrogen and oxygen atoms in total. The topological polar surface area (TPSA) is 63.9 Å². The first-order chi connectivity index (χ1) is 15.1. The number of rotatable bonds is 7. The van der Waals surface area contributed by atoms with Crippen molar-refractivity contribution >= 4 is 39.8 Å². The number of hydrogen-bond acceptors (Lipinski definition) is 6. The lowest BCUT2D eigenvalue weighted by atomic mass is 10.1. The molecule has 2 aromatic carbocycles. The first kappa shape index (κ1) is 21.3. The highest BCUT2D eigenvalue weighted by Gasteiger charge is 2.20. The third-order valence-corrected chi connectivity index (χ3v) is 6.75. The molecule has 158 valence electrons. The Bertz CT molecular complexity index is 1200. The molecule has 0 saturated carbocycles. The fourth-order valence-electron chi connectivity index (χ4n) is 3.36. The number of aryl methyl sites for hydroxylation is 2. The SMILES string of the molecule is CCc1ccccc1N(C(C)=O)c1nc(CSc2nncn2-c2ccccc2C)cs1. The monoisotopic (exact) mass is 449 g/mol. The fourth-order valence-corrected chi connectivity index (χ4v) is 5.16. The second-order valence-corrected chi connectivity index (χ2v) is 8.80. The summed E-state index contributed by atoms with van der Waals surface area (Å²) in [5.41, 5.74) is 5.14. The molecule has 2 heterocycles. The molecule has 0 unspecified atom stereocenters. The van der Waals surface area contributed by atoms with Crippen LogP contribution in [-0.4, -0.2) is 25.7 Å². The highest BCUT2D eigenvalue weighted by molar-refractivity contribution is 7.98. The zero-order valence-corrected chi connectivity index (χ0v) is 19.3. The van der Waals surface area contributed by atoms with E-state index in [1.54, 1.807) is 29.9 Å². The van der Waals surface area contributed by atoms with Gasteiger partial charge in [-0.05, 0) is 36.6 Å². The second-order valence-electron chi connectivity index (χ2n) is 7.02. The molecule has 2 aromatic heterocycles. The molecular weight excluding hydrogens is 426 g/mol. The van der Waals surface area contributed by atoms with E-state index >= 15 is 0 Å². The van der Waals surface area contributed by atoms with E-state index < -0.39 is 0 Å². The standard InChI is InChI=1S/C23H23N5OS2/c1-4-18-10-6-8-12-21(18)28(17(3)29)22-25-19(13-30-22)14-31-23-26-24-15-27(23)20-11-7-5-9-16(20)2/h5-13,15H,4,14H2,1-3H3. The van der Waals surface area contributed by atoms with Gasteiger partial charge in [-0.3, -0.25) is 14.3 Å². The summed E-state index contributed by atoms with van der Waals surface area (Å²) < 4.78 is 1.99. The summed E-state index contributed by atoms with van der Waals surface area (Å²) in [6.45, 7) is 5.74. The van der Waals surface area contributed by atoms with Crippen LogP contribution in [0.4, 0.5) is 10.8 Å². The smallest absolute Gasteiger partial charge is 0.230 e. The maximum absolute atomic E-state index is 12.5. The van der Waals surface area contributed by atoms with Crippen molar-refractivity contribution in [1.29, 1.82) is 0 Å². The fraction of sp³-hybridized carbons (Fsp3) is 0.217. The Morgan fingerprint density at radius 1 is 1.16 bits per heavy atom. The summed E-state index contributed by atoms with van der Waals surface area (Å²) in [7, 11) is 0. The van der Waals surface area contributed by atoms with Crippen LogP contribution < -0.4 is 4.90 Å². The number of thioether (sulfide) groups is 1. The van der Waals surface area contributed by atoms with Gasteiger partial charge >= 0.3 is 0 Å². The van der Waals surface area contributed by atoms with Crippen LogP contribution in [0.1, 0.15) is 30.7 Å². The number of amides is 1. The van der Waals surface area contributed by atoms with E-state index in [2.05, 4.69) is 36.2 Å². The minimum Gasteiger partial charge on any atom is -0.276 e. The number of para-hydroxylation sites is 2. The van der Waals surface area contributed by atoms with Gasteiger partial charge in [0.05, 0.1) is 17.1 Å². The molecule has 4 rings (SSSR count). The minimum absolute atomic E-state index is 0.0475. The van der Waals surface area contributed by atoms with Crippen LogP contribution >= 0.6 is 23.1 Å². The van der Waals surface area contributed by atoms with E-state index in [-0.39, 0.29) is 5.91 Å². The molecule has 0 spiro atoms. The van der Waals surface area contributed by atoms with Crippen LogP contribution in [0.3, 0.4) is 0 Å². The van der Waals surface area contributed by atoms with Crippen molar-refractivity contribution in [2.24, 2.45) is 0 Å². The molecule has 0 aliphatic rings. The predicted molar refractivity (Wildman–Crippen MR) is 126 cm³/mol. The average molecular weight is 450 g/mol. The maximum Gasteiger partial charge on any atom is 0.230 e. The molecule has 0 bridgehead atoms. The second kappa shape index (κ2) is 9.45. The number of carbonyl (C=O) groups is 1. The van der Waals surface area contributed by atoms with Crippen molar-refractivity contribution in [2.75, 3.05) is 4.90 Å². The number of anilines is 2. The number of nitrogens with zero attached hydrogens (tertiary/aromatic N) is 5. The zero-order valence-electron chi connectivity index (χ0n) is 17.6. The lowest BCUT2D eigenvalue weighted by Crippen LogP contribution is -2.23. The first-order valence-corrected chi connectivity index (χ1v) is 11.9. The molecule has 0 atom stereocenters. The predicted octanol–water partition coefficient (Wildman–Crippen LogP) is 5.57. The third kappa shape index (κ3) is 4.55. The van der Waals surface area contributed by atoms with Crippen molar-refractivity contribution < 1.29 is 4.79 Å². The van der Waals surface area contributed by atoms with Gasteiger partial charge in [-0.25, -0.2) is 4.98 Å². The Kier molecular flexibility index (Phi) is 6.48. The van der Waals surface area contributed by atoms with Crippen LogP contribution in [0.2, 0.25) is 0 Å². The van der Waals surface area contributed by atoms with Crippen molar-refractivity contribution in [3.8, 4) is 5.69 Å². The van der Waals surface area contributed by atoms with Gasteiger partial charge in [0, 0.05) is 18.1 Å². The molecule has 0 aliphatic carbocycles. The quantitative estimate of drug-likeness (QED) is 0.345. The lowest BCUT2D eigenvalue weighted by Gasteiger charge is -2.20. The summed E-state index contributed by atoms with van der Waals surface area (Å²) >= 11 is 3.06. The number of hydrogen-bond donors (Lipinski definition) is 0. The van der Waals surface area contributed by atoms with Gasteiger partial charge in [0.25, 0.3) is 0 Å². The summed E-state index contributed by atoms with van der Waals surface area (Å²) in [6, 6.07) is 16.1.